The van der Waals surface area contributed by atoms with Crippen molar-refractivity contribution in [2.45, 2.75) is 13.3 Å². The van der Waals surface area contributed by atoms with Crippen LogP contribution < -0.4 is 11.3 Å². The molecule has 17 heavy (non-hydrogen) atoms. The highest BCUT2D eigenvalue weighted by Crippen LogP contribution is 2.15. The van der Waals surface area contributed by atoms with Crippen LogP contribution in [0.2, 0.25) is 0 Å². The van der Waals surface area contributed by atoms with E-state index in [4.69, 9.17) is 5.73 Å². The van der Waals surface area contributed by atoms with Gasteiger partial charge in [0.2, 0.25) is 0 Å². The van der Waals surface area contributed by atoms with E-state index in [1.54, 1.807) is 0 Å². The molecule has 2 rings (SSSR count). The maximum absolute atomic E-state index is 11.5. The molecule has 1 aromatic heterocycles. The summed E-state index contributed by atoms with van der Waals surface area (Å²) in [4.78, 5) is 18.6. The molecule has 0 aliphatic carbocycles. The molecule has 0 fully saturated rings. The first-order valence-corrected chi connectivity index (χ1v) is 5.56. The Bertz CT molecular complexity index is 575. The van der Waals surface area contributed by atoms with Gasteiger partial charge in [-0.2, -0.15) is 0 Å². The van der Waals surface area contributed by atoms with Crippen LogP contribution in [0.4, 0.5) is 0 Å². The van der Waals surface area contributed by atoms with Crippen LogP contribution in [0.5, 0.6) is 0 Å². The summed E-state index contributed by atoms with van der Waals surface area (Å²) in [5.41, 5.74) is 8.11. The Labute approximate surface area is 99.5 Å². The maximum Gasteiger partial charge on any atom is 0.251 e. The number of hydrogen-bond acceptors (Lipinski definition) is 3. The van der Waals surface area contributed by atoms with Gasteiger partial charge in [0.1, 0.15) is 5.82 Å². The SMILES string of the molecule is Cc1cccc(-c2nc(CCN)cc(=O)[nH]2)c1. The summed E-state index contributed by atoms with van der Waals surface area (Å²) in [6, 6.07) is 9.36. The Morgan fingerprint density at radius 1 is 1.35 bits per heavy atom. The van der Waals surface area contributed by atoms with Gasteiger partial charge in [0, 0.05) is 23.7 Å². The van der Waals surface area contributed by atoms with Gasteiger partial charge in [0.05, 0.1) is 0 Å². The van der Waals surface area contributed by atoms with Crippen molar-refractivity contribution in [2.75, 3.05) is 6.54 Å². The number of nitrogens with two attached hydrogens (primary N) is 1. The number of aromatic amines is 1. The number of aryl methyl sites for hydroxylation is 1. The van der Waals surface area contributed by atoms with E-state index in [9.17, 15) is 4.79 Å². The highest BCUT2D eigenvalue weighted by molar-refractivity contribution is 5.55. The zero-order valence-electron chi connectivity index (χ0n) is 9.73. The molecule has 0 unspecified atom stereocenters. The van der Waals surface area contributed by atoms with Gasteiger partial charge in [-0.15, -0.1) is 0 Å². The first-order chi connectivity index (χ1) is 8.19. The summed E-state index contributed by atoms with van der Waals surface area (Å²) < 4.78 is 0. The highest BCUT2D eigenvalue weighted by Gasteiger charge is 2.03. The largest absolute Gasteiger partial charge is 0.330 e. The molecule has 3 N–H and O–H groups in total. The summed E-state index contributed by atoms with van der Waals surface area (Å²) in [6.07, 6.45) is 0.614. The second-order valence-electron chi connectivity index (χ2n) is 3.99. The van der Waals surface area contributed by atoms with E-state index in [2.05, 4.69) is 9.97 Å². The molecule has 0 aliphatic rings. The van der Waals surface area contributed by atoms with E-state index >= 15 is 0 Å². The molecule has 4 nitrogen and oxygen atoms in total. The monoisotopic (exact) mass is 229 g/mol. The van der Waals surface area contributed by atoms with Gasteiger partial charge >= 0.3 is 0 Å². The Morgan fingerprint density at radius 2 is 2.18 bits per heavy atom. The predicted octanol–water partition coefficient (Wildman–Crippen LogP) is 1.25. The molecule has 0 aliphatic heterocycles. The number of aromatic nitrogens is 2. The maximum atomic E-state index is 11.5. The zero-order valence-corrected chi connectivity index (χ0v) is 9.73. The number of nitrogens with zero attached hydrogens (tertiary/aromatic N) is 1. The third-order valence-electron chi connectivity index (χ3n) is 2.49. The predicted molar refractivity (Wildman–Crippen MR) is 67.8 cm³/mol. The van der Waals surface area contributed by atoms with Crippen molar-refractivity contribution in [3.8, 4) is 11.4 Å². The second kappa shape index (κ2) is 4.93. The number of rotatable bonds is 3. The molecule has 88 valence electrons. The van der Waals surface area contributed by atoms with Gasteiger partial charge in [0.25, 0.3) is 5.56 Å². The van der Waals surface area contributed by atoms with Crippen LogP contribution in [0.25, 0.3) is 11.4 Å². The van der Waals surface area contributed by atoms with Gasteiger partial charge in [-0.25, -0.2) is 4.98 Å². The second-order valence-corrected chi connectivity index (χ2v) is 3.99. The first-order valence-electron chi connectivity index (χ1n) is 5.56. The molecule has 0 bridgehead atoms. The quantitative estimate of drug-likeness (QED) is 0.832. The summed E-state index contributed by atoms with van der Waals surface area (Å²) >= 11 is 0. The zero-order chi connectivity index (χ0) is 12.3. The average molecular weight is 229 g/mol. The Kier molecular flexibility index (Phi) is 3.35. The number of hydrogen-bond donors (Lipinski definition) is 2. The van der Waals surface area contributed by atoms with Crippen LogP contribution in [0.1, 0.15) is 11.3 Å². The molecule has 0 amide bonds. The van der Waals surface area contributed by atoms with Gasteiger partial charge < -0.3 is 10.7 Å². The van der Waals surface area contributed by atoms with E-state index < -0.39 is 0 Å². The van der Waals surface area contributed by atoms with Crippen molar-refractivity contribution in [3.63, 3.8) is 0 Å². The van der Waals surface area contributed by atoms with Crippen LogP contribution >= 0.6 is 0 Å². The topological polar surface area (TPSA) is 71.8 Å². The van der Waals surface area contributed by atoms with Gasteiger partial charge in [-0.05, 0) is 19.5 Å². The molecule has 0 saturated carbocycles. The molecule has 2 aromatic rings. The lowest BCUT2D eigenvalue weighted by Crippen LogP contribution is -2.13. The van der Waals surface area contributed by atoms with Crippen molar-refractivity contribution in [2.24, 2.45) is 5.73 Å². The molecular weight excluding hydrogens is 214 g/mol. The number of H-pyrrole nitrogens is 1. The summed E-state index contributed by atoms with van der Waals surface area (Å²) in [5.74, 6) is 0.602. The van der Waals surface area contributed by atoms with E-state index in [1.165, 1.54) is 6.07 Å². The lowest BCUT2D eigenvalue weighted by Gasteiger charge is -2.04. The van der Waals surface area contributed by atoms with Gasteiger partial charge in [0.15, 0.2) is 0 Å². The number of nitrogens with one attached hydrogen (secondary N) is 1. The van der Waals surface area contributed by atoms with Gasteiger partial charge in [-0.1, -0.05) is 23.8 Å². The first kappa shape index (κ1) is 11.5. The fourth-order valence-electron chi connectivity index (χ4n) is 1.71. The van der Waals surface area contributed by atoms with Crippen LogP contribution in [0.15, 0.2) is 35.1 Å². The minimum Gasteiger partial charge on any atom is -0.330 e. The lowest BCUT2D eigenvalue weighted by atomic mass is 10.1. The van der Waals surface area contributed by atoms with Crippen LogP contribution in [0, 0.1) is 6.92 Å². The standard InChI is InChI=1S/C13H15N3O/c1-9-3-2-4-10(7-9)13-15-11(5-6-14)8-12(17)16-13/h2-4,7-8H,5-6,14H2,1H3,(H,15,16,17). The number of benzene rings is 1. The molecule has 0 saturated heterocycles. The average Bonchev–Trinajstić information content (AvgIpc) is 2.28. The van der Waals surface area contributed by atoms with Crippen molar-refractivity contribution in [1.82, 2.24) is 9.97 Å². The van der Waals surface area contributed by atoms with E-state index in [0.717, 1.165) is 16.8 Å². The summed E-state index contributed by atoms with van der Waals surface area (Å²) in [6.45, 7) is 2.50. The minimum atomic E-state index is -0.139. The fraction of sp³-hybridized carbons (Fsp3) is 0.231. The molecule has 1 aromatic carbocycles. The van der Waals surface area contributed by atoms with Gasteiger partial charge in [-0.3, -0.25) is 4.79 Å². The van der Waals surface area contributed by atoms with Crippen molar-refractivity contribution >= 4 is 0 Å². The smallest absolute Gasteiger partial charge is 0.251 e. The molecule has 0 radical (unpaired) electrons. The van der Waals surface area contributed by atoms with E-state index in [1.807, 2.05) is 31.2 Å². The van der Waals surface area contributed by atoms with Crippen LogP contribution in [-0.4, -0.2) is 16.5 Å². The third-order valence-corrected chi connectivity index (χ3v) is 2.49. The lowest BCUT2D eigenvalue weighted by molar-refractivity contribution is 0.905. The van der Waals surface area contributed by atoms with E-state index in [-0.39, 0.29) is 5.56 Å². The Hall–Kier alpha value is -1.94. The van der Waals surface area contributed by atoms with Crippen LogP contribution in [-0.2, 0) is 6.42 Å². The Morgan fingerprint density at radius 3 is 2.88 bits per heavy atom. The van der Waals surface area contributed by atoms with Crippen molar-refractivity contribution < 1.29 is 0 Å². The van der Waals surface area contributed by atoms with Crippen LogP contribution in [0.3, 0.4) is 0 Å². The summed E-state index contributed by atoms with van der Waals surface area (Å²) in [7, 11) is 0. The third kappa shape index (κ3) is 2.79. The highest BCUT2D eigenvalue weighted by atomic mass is 16.1. The molecule has 1 heterocycles. The fourth-order valence-corrected chi connectivity index (χ4v) is 1.71. The molecule has 0 atom stereocenters. The molecular formula is C13H15N3O. The minimum absolute atomic E-state index is 0.139. The van der Waals surface area contributed by atoms with Crippen molar-refractivity contribution in [3.05, 3.63) is 51.9 Å². The molecule has 0 spiro atoms. The normalized spacial score (nSPS) is 10.5. The Balaban J connectivity index is 2.48. The van der Waals surface area contributed by atoms with E-state index in [0.29, 0.717) is 18.8 Å². The molecule has 4 heteroatoms. The van der Waals surface area contributed by atoms with Crippen molar-refractivity contribution in [1.29, 1.82) is 0 Å². The summed E-state index contributed by atoms with van der Waals surface area (Å²) in [5, 5.41) is 0.